The Morgan fingerprint density at radius 1 is 1.19 bits per heavy atom. The van der Waals surface area contributed by atoms with Crippen LogP contribution in [0.4, 0.5) is 10.1 Å². The topological polar surface area (TPSA) is 45.7 Å². The third-order valence-corrected chi connectivity index (χ3v) is 5.49. The summed E-state index contributed by atoms with van der Waals surface area (Å²) in [6.45, 7) is 3.31. The second-order valence-electron chi connectivity index (χ2n) is 7.42. The van der Waals surface area contributed by atoms with E-state index >= 15 is 0 Å². The molecule has 5 nitrogen and oxygen atoms in total. The van der Waals surface area contributed by atoms with Crippen molar-refractivity contribution < 1.29 is 13.9 Å². The molecular formula is C21H24FN3O2. The Kier molecular flexibility index (Phi) is 5.18. The molecule has 1 spiro atoms. The highest BCUT2D eigenvalue weighted by Crippen LogP contribution is 2.33. The number of rotatable bonds is 3. The van der Waals surface area contributed by atoms with Gasteiger partial charge >= 0.3 is 0 Å². The Morgan fingerprint density at radius 3 is 2.93 bits per heavy atom. The molecule has 0 N–H and O–H groups in total. The second kappa shape index (κ2) is 7.74. The molecule has 0 radical (unpaired) electrons. The molecule has 0 bridgehead atoms. The predicted octanol–water partition coefficient (Wildman–Crippen LogP) is 3.01. The Morgan fingerprint density at radius 2 is 2.11 bits per heavy atom. The zero-order chi connectivity index (χ0) is 18.7. The number of anilines is 1. The number of halogens is 1. The summed E-state index contributed by atoms with van der Waals surface area (Å²) in [6.07, 6.45) is 6.45. The van der Waals surface area contributed by atoms with Gasteiger partial charge in [0.05, 0.1) is 12.1 Å². The molecule has 2 aliphatic rings. The van der Waals surface area contributed by atoms with E-state index in [1.54, 1.807) is 23.2 Å². The zero-order valence-corrected chi connectivity index (χ0v) is 15.3. The van der Waals surface area contributed by atoms with Crippen molar-refractivity contribution >= 4 is 11.6 Å². The Labute approximate surface area is 158 Å². The average molecular weight is 369 g/mol. The van der Waals surface area contributed by atoms with E-state index in [1.807, 2.05) is 12.3 Å². The number of ether oxygens (including phenoxy) is 1. The van der Waals surface area contributed by atoms with Crippen molar-refractivity contribution in [3.63, 3.8) is 0 Å². The van der Waals surface area contributed by atoms with Crippen molar-refractivity contribution in [3.05, 3.63) is 60.2 Å². The van der Waals surface area contributed by atoms with E-state index in [4.69, 9.17) is 4.74 Å². The average Bonchev–Trinajstić information content (AvgIpc) is 2.87. The van der Waals surface area contributed by atoms with Gasteiger partial charge in [-0.2, -0.15) is 0 Å². The van der Waals surface area contributed by atoms with E-state index in [0.29, 0.717) is 12.2 Å². The lowest BCUT2D eigenvalue weighted by atomic mass is 9.92. The third kappa shape index (κ3) is 4.17. The molecule has 142 valence electrons. The number of hydrogen-bond acceptors (Lipinski definition) is 4. The fraction of sp³-hybridized carbons (Fsp3) is 0.429. The zero-order valence-electron chi connectivity index (χ0n) is 15.3. The van der Waals surface area contributed by atoms with Crippen LogP contribution in [-0.4, -0.2) is 47.6 Å². The van der Waals surface area contributed by atoms with Gasteiger partial charge in [-0.3, -0.25) is 14.7 Å². The number of carbonyl (C=O) groups is 1. The predicted molar refractivity (Wildman–Crippen MR) is 101 cm³/mol. The molecular weight excluding hydrogens is 345 g/mol. The number of aromatic nitrogens is 1. The molecule has 1 unspecified atom stereocenters. The lowest BCUT2D eigenvalue weighted by Gasteiger charge is -2.42. The van der Waals surface area contributed by atoms with E-state index < -0.39 is 0 Å². The van der Waals surface area contributed by atoms with Gasteiger partial charge < -0.3 is 9.64 Å². The number of likely N-dealkylation sites (tertiary alicyclic amines) is 1. The van der Waals surface area contributed by atoms with Crippen LogP contribution in [0.25, 0.3) is 0 Å². The standard InChI is InChI=1S/C21H24FN3O2/c22-18-5-1-6-19(12-18)25-16-21(27-15-20(25)26)7-3-10-24(11-8-21)14-17-4-2-9-23-13-17/h1-2,4-6,9,12-13H,3,7-8,10-11,14-16H2. The summed E-state index contributed by atoms with van der Waals surface area (Å²) in [6, 6.07) is 10.3. The van der Waals surface area contributed by atoms with E-state index in [-0.39, 0.29) is 23.9 Å². The molecule has 2 aromatic rings. The number of amides is 1. The summed E-state index contributed by atoms with van der Waals surface area (Å²) in [5.41, 5.74) is 1.46. The minimum absolute atomic E-state index is 0.0547. The molecule has 1 atom stereocenters. The molecule has 1 amide bonds. The molecule has 3 heterocycles. The smallest absolute Gasteiger partial charge is 0.253 e. The van der Waals surface area contributed by atoms with Crippen molar-refractivity contribution in [2.24, 2.45) is 0 Å². The minimum Gasteiger partial charge on any atom is -0.363 e. The molecule has 4 rings (SSSR count). The maximum Gasteiger partial charge on any atom is 0.253 e. The second-order valence-corrected chi connectivity index (χ2v) is 7.42. The Hall–Kier alpha value is -2.31. The van der Waals surface area contributed by atoms with E-state index in [1.165, 1.54) is 17.7 Å². The van der Waals surface area contributed by atoms with Gasteiger partial charge in [-0.05, 0) is 55.6 Å². The number of carbonyl (C=O) groups excluding carboxylic acids is 1. The van der Waals surface area contributed by atoms with Crippen LogP contribution in [0.1, 0.15) is 24.8 Å². The maximum absolute atomic E-state index is 13.6. The number of morpholine rings is 1. The summed E-state index contributed by atoms with van der Waals surface area (Å²) in [4.78, 5) is 20.7. The Bertz CT molecular complexity index is 801. The van der Waals surface area contributed by atoms with Crippen LogP contribution in [0, 0.1) is 5.82 Å². The molecule has 2 aliphatic heterocycles. The summed E-state index contributed by atoms with van der Waals surface area (Å²) in [5.74, 6) is -0.438. The van der Waals surface area contributed by atoms with Gasteiger partial charge in [0, 0.05) is 31.2 Å². The molecule has 0 aliphatic carbocycles. The van der Waals surface area contributed by atoms with Crippen molar-refractivity contribution in [1.82, 2.24) is 9.88 Å². The van der Waals surface area contributed by atoms with Crippen molar-refractivity contribution in [1.29, 1.82) is 0 Å². The first-order valence-corrected chi connectivity index (χ1v) is 9.45. The first kappa shape index (κ1) is 18.1. The third-order valence-electron chi connectivity index (χ3n) is 5.49. The van der Waals surface area contributed by atoms with Gasteiger partial charge in [0.25, 0.3) is 5.91 Å². The molecule has 1 aromatic heterocycles. The lowest BCUT2D eigenvalue weighted by molar-refractivity contribution is -0.140. The van der Waals surface area contributed by atoms with Crippen molar-refractivity contribution in [3.8, 4) is 0 Å². The van der Waals surface area contributed by atoms with Crippen LogP contribution in [0.3, 0.4) is 0 Å². The molecule has 27 heavy (non-hydrogen) atoms. The number of hydrogen-bond donors (Lipinski definition) is 0. The van der Waals surface area contributed by atoms with Gasteiger partial charge in [-0.1, -0.05) is 12.1 Å². The monoisotopic (exact) mass is 369 g/mol. The Balaban J connectivity index is 1.46. The first-order chi connectivity index (χ1) is 13.1. The largest absolute Gasteiger partial charge is 0.363 e. The summed E-state index contributed by atoms with van der Waals surface area (Å²) >= 11 is 0. The van der Waals surface area contributed by atoms with Gasteiger partial charge in [0.2, 0.25) is 0 Å². The van der Waals surface area contributed by atoms with Crippen LogP contribution >= 0.6 is 0 Å². The number of pyridine rings is 1. The van der Waals surface area contributed by atoms with Crippen LogP contribution in [0.15, 0.2) is 48.8 Å². The molecule has 2 saturated heterocycles. The van der Waals surface area contributed by atoms with Crippen LogP contribution in [0.2, 0.25) is 0 Å². The van der Waals surface area contributed by atoms with Crippen molar-refractivity contribution in [2.75, 3.05) is 31.1 Å². The van der Waals surface area contributed by atoms with Gasteiger partial charge in [0.15, 0.2) is 0 Å². The SMILES string of the molecule is O=C1COC2(CCCN(Cc3cccnc3)CC2)CN1c1cccc(F)c1. The van der Waals surface area contributed by atoms with E-state index in [0.717, 1.165) is 38.9 Å². The maximum atomic E-state index is 13.6. The number of nitrogens with zero attached hydrogens (tertiary/aromatic N) is 3. The van der Waals surface area contributed by atoms with Gasteiger partial charge in [-0.25, -0.2) is 4.39 Å². The minimum atomic E-state index is -0.357. The highest BCUT2D eigenvalue weighted by atomic mass is 19.1. The first-order valence-electron chi connectivity index (χ1n) is 9.45. The molecule has 1 aromatic carbocycles. The van der Waals surface area contributed by atoms with Crippen molar-refractivity contribution in [2.45, 2.75) is 31.4 Å². The fourth-order valence-corrected chi connectivity index (χ4v) is 4.03. The highest BCUT2D eigenvalue weighted by molar-refractivity contribution is 5.95. The normalized spacial score (nSPS) is 24.2. The quantitative estimate of drug-likeness (QED) is 0.834. The van der Waals surface area contributed by atoms with Gasteiger partial charge in [-0.15, -0.1) is 0 Å². The summed E-state index contributed by atoms with van der Waals surface area (Å²) in [7, 11) is 0. The van der Waals surface area contributed by atoms with E-state index in [9.17, 15) is 9.18 Å². The molecule has 0 saturated carbocycles. The summed E-state index contributed by atoms with van der Waals surface area (Å²) < 4.78 is 19.7. The number of benzene rings is 1. The molecule has 6 heteroatoms. The van der Waals surface area contributed by atoms with Crippen LogP contribution in [0.5, 0.6) is 0 Å². The van der Waals surface area contributed by atoms with Gasteiger partial charge in [0.1, 0.15) is 12.4 Å². The fourth-order valence-electron chi connectivity index (χ4n) is 4.03. The van der Waals surface area contributed by atoms with E-state index in [2.05, 4.69) is 16.0 Å². The molecule has 2 fully saturated rings. The lowest BCUT2D eigenvalue weighted by Crippen LogP contribution is -2.55. The van der Waals surface area contributed by atoms with Crippen LogP contribution < -0.4 is 4.90 Å². The summed E-state index contributed by atoms with van der Waals surface area (Å²) in [5, 5.41) is 0. The van der Waals surface area contributed by atoms with Crippen LogP contribution in [-0.2, 0) is 16.1 Å². The highest BCUT2D eigenvalue weighted by Gasteiger charge is 2.41.